The summed E-state index contributed by atoms with van der Waals surface area (Å²) in [6, 6.07) is 6.44. The van der Waals surface area contributed by atoms with E-state index in [0.717, 1.165) is 4.90 Å². The minimum absolute atomic E-state index is 0.161. The van der Waals surface area contributed by atoms with Gasteiger partial charge in [0.05, 0.1) is 7.11 Å². The molecule has 0 unspecified atom stereocenters. The third kappa shape index (κ3) is 2.89. The molecule has 18 heavy (non-hydrogen) atoms. The van der Waals surface area contributed by atoms with Crippen LogP contribution in [0.2, 0.25) is 0 Å². The molecule has 1 heterocycles. The zero-order valence-electron chi connectivity index (χ0n) is 10.5. The molecule has 1 aromatic heterocycles. The molecule has 2 aromatic rings. The lowest BCUT2D eigenvalue weighted by atomic mass is 10.2. The van der Waals surface area contributed by atoms with E-state index < -0.39 is 0 Å². The van der Waals surface area contributed by atoms with Gasteiger partial charge in [0.25, 0.3) is 0 Å². The Morgan fingerprint density at radius 1 is 1.17 bits per heavy atom. The van der Waals surface area contributed by atoms with Gasteiger partial charge in [0, 0.05) is 4.90 Å². The van der Waals surface area contributed by atoms with E-state index in [1.807, 2.05) is 6.07 Å². The number of benzene rings is 1. The normalized spacial score (nSPS) is 10.4. The van der Waals surface area contributed by atoms with Crippen LogP contribution >= 0.6 is 11.8 Å². The first-order valence-electron chi connectivity index (χ1n) is 5.39. The van der Waals surface area contributed by atoms with E-state index in [4.69, 9.17) is 10.5 Å². The molecule has 0 radical (unpaired) electrons. The quantitative estimate of drug-likeness (QED) is 0.914. The molecule has 0 saturated heterocycles. The van der Waals surface area contributed by atoms with Gasteiger partial charge in [-0.2, -0.15) is 15.0 Å². The molecular weight excluding hydrogens is 248 g/mol. The van der Waals surface area contributed by atoms with Gasteiger partial charge in [0.15, 0.2) is 0 Å². The summed E-state index contributed by atoms with van der Waals surface area (Å²) in [7, 11) is 1.50. The summed E-state index contributed by atoms with van der Waals surface area (Å²) in [5, 5.41) is 0.534. The van der Waals surface area contributed by atoms with Crippen molar-refractivity contribution in [3.63, 3.8) is 0 Å². The van der Waals surface area contributed by atoms with Gasteiger partial charge in [-0.05, 0) is 37.2 Å². The minimum atomic E-state index is 0.161. The maximum absolute atomic E-state index is 5.60. The molecule has 0 amide bonds. The fourth-order valence-electron chi connectivity index (χ4n) is 1.50. The van der Waals surface area contributed by atoms with Crippen LogP contribution in [0.15, 0.2) is 28.3 Å². The Labute approximate surface area is 110 Å². The highest BCUT2D eigenvalue weighted by Crippen LogP contribution is 2.29. The largest absolute Gasteiger partial charge is 0.467 e. The van der Waals surface area contributed by atoms with Crippen molar-refractivity contribution in [2.75, 3.05) is 12.8 Å². The van der Waals surface area contributed by atoms with E-state index in [1.165, 1.54) is 30.0 Å². The van der Waals surface area contributed by atoms with Crippen LogP contribution < -0.4 is 10.5 Å². The first-order chi connectivity index (χ1) is 8.58. The summed E-state index contributed by atoms with van der Waals surface area (Å²) in [5.74, 6) is 0.161. The van der Waals surface area contributed by atoms with E-state index in [2.05, 4.69) is 40.9 Å². The fraction of sp³-hybridized carbons (Fsp3) is 0.250. The van der Waals surface area contributed by atoms with E-state index in [-0.39, 0.29) is 12.0 Å². The van der Waals surface area contributed by atoms with Crippen molar-refractivity contribution in [3.05, 3.63) is 29.3 Å². The second-order valence-electron chi connectivity index (χ2n) is 3.83. The summed E-state index contributed by atoms with van der Waals surface area (Å²) in [5.41, 5.74) is 8.00. The SMILES string of the molecule is COc1nc(N)nc(Sc2ccc(C)cc2C)n1. The molecule has 2 N–H and O–H groups in total. The van der Waals surface area contributed by atoms with Crippen molar-refractivity contribution in [1.82, 2.24) is 15.0 Å². The van der Waals surface area contributed by atoms with Crippen molar-refractivity contribution in [3.8, 4) is 6.01 Å². The van der Waals surface area contributed by atoms with Crippen molar-refractivity contribution < 1.29 is 4.74 Å². The number of nitrogens with zero attached hydrogens (tertiary/aromatic N) is 3. The van der Waals surface area contributed by atoms with Crippen molar-refractivity contribution in [2.24, 2.45) is 0 Å². The Hall–Kier alpha value is -1.82. The van der Waals surface area contributed by atoms with E-state index in [9.17, 15) is 0 Å². The van der Waals surface area contributed by atoms with Gasteiger partial charge < -0.3 is 10.5 Å². The topological polar surface area (TPSA) is 73.9 Å². The predicted octanol–water partition coefficient (Wildman–Crippen LogP) is 2.23. The van der Waals surface area contributed by atoms with Crippen LogP contribution in [0.25, 0.3) is 0 Å². The molecule has 5 nitrogen and oxygen atoms in total. The van der Waals surface area contributed by atoms with E-state index in [1.54, 1.807) is 0 Å². The Morgan fingerprint density at radius 3 is 2.61 bits per heavy atom. The third-order valence-electron chi connectivity index (χ3n) is 2.33. The van der Waals surface area contributed by atoms with Crippen molar-refractivity contribution >= 4 is 17.7 Å². The Kier molecular flexibility index (Phi) is 3.66. The molecule has 6 heteroatoms. The van der Waals surface area contributed by atoms with Gasteiger partial charge in [-0.15, -0.1) is 0 Å². The lowest BCUT2D eigenvalue weighted by Crippen LogP contribution is -2.02. The number of hydrogen-bond donors (Lipinski definition) is 1. The van der Waals surface area contributed by atoms with Crippen molar-refractivity contribution in [2.45, 2.75) is 23.9 Å². The molecule has 0 aliphatic rings. The van der Waals surface area contributed by atoms with Gasteiger partial charge in [-0.1, -0.05) is 17.7 Å². The number of ether oxygens (including phenoxy) is 1. The average molecular weight is 262 g/mol. The van der Waals surface area contributed by atoms with Gasteiger partial charge in [0.1, 0.15) is 0 Å². The molecule has 1 aromatic carbocycles. The number of methoxy groups -OCH3 is 1. The number of aromatic nitrogens is 3. The van der Waals surface area contributed by atoms with Crippen LogP contribution in [0.5, 0.6) is 6.01 Å². The predicted molar refractivity (Wildman–Crippen MR) is 70.8 cm³/mol. The van der Waals surface area contributed by atoms with E-state index >= 15 is 0 Å². The summed E-state index contributed by atoms with van der Waals surface area (Å²) >= 11 is 1.44. The molecule has 0 aliphatic carbocycles. The van der Waals surface area contributed by atoms with Gasteiger partial charge in [-0.3, -0.25) is 0 Å². The highest BCUT2D eigenvalue weighted by Gasteiger charge is 2.08. The number of nitrogen functional groups attached to an aromatic ring is 1. The lowest BCUT2D eigenvalue weighted by molar-refractivity contribution is 0.374. The summed E-state index contributed by atoms with van der Waals surface area (Å²) in [6.07, 6.45) is 0. The Balaban J connectivity index is 2.30. The van der Waals surface area contributed by atoms with Crippen LogP contribution in [0.4, 0.5) is 5.95 Å². The van der Waals surface area contributed by atoms with Gasteiger partial charge in [0.2, 0.25) is 11.1 Å². The second kappa shape index (κ2) is 5.22. The van der Waals surface area contributed by atoms with Crippen LogP contribution in [-0.2, 0) is 0 Å². The van der Waals surface area contributed by atoms with Crippen molar-refractivity contribution in [1.29, 1.82) is 0 Å². The average Bonchev–Trinajstić information content (AvgIpc) is 2.32. The number of nitrogens with two attached hydrogens (primary N) is 1. The standard InChI is InChI=1S/C12H14N4OS/c1-7-4-5-9(8(2)6-7)18-12-15-10(13)14-11(16-12)17-3/h4-6H,1-3H3,(H2,13,14,15,16). The maximum atomic E-state index is 5.60. The summed E-state index contributed by atoms with van der Waals surface area (Å²) in [4.78, 5) is 13.2. The third-order valence-corrected chi connectivity index (χ3v) is 3.37. The minimum Gasteiger partial charge on any atom is -0.467 e. The molecule has 0 fully saturated rings. The molecule has 0 saturated carbocycles. The molecule has 0 spiro atoms. The summed E-state index contributed by atoms with van der Waals surface area (Å²) < 4.78 is 4.97. The molecular formula is C12H14N4OS. The van der Waals surface area contributed by atoms with Crippen LogP contribution in [-0.4, -0.2) is 22.1 Å². The van der Waals surface area contributed by atoms with Gasteiger partial charge >= 0.3 is 6.01 Å². The van der Waals surface area contributed by atoms with Crippen LogP contribution in [0.3, 0.4) is 0 Å². The fourth-order valence-corrected chi connectivity index (χ4v) is 2.32. The smallest absolute Gasteiger partial charge is 0.321 e. The molecule has 0 bridgehead atoms. The Bertz CT molecular complexity index is 574. The number of hydrogen-bond acceptors (Lipinski definition) is 6. The first-order valence-corrected chi connectivity index (χ1v) is 6.21. The zero-order valence-corrected chi connectivity index (χ0v) is 11.3. The van der Waals surface area contributed by atoms with Crippen LogP contribution in [0, 0.1) is 13.8 Å². The highest BCUT2D eigenvalue weighted by molar-refractivity contribution is 7.99. The highest BCUT2D eigenvalue weighted by atomic mass is 32.2. The molecule has 0 atom stereocenters. The monoisotopic (exact) mass is 262 g/mol. The number of anilines is 1. The van der Waals surface area contributed by atoms with Gasteiger partial charge in [-0.25, -0.2) is 0 Å². The van der Waals surface area contributed by atoms with E-state index in [0.29, 0.717) is 5.16 Å². The second-order valence-corrected chi connectivity index (χ2v) is 4.84. The molecule has 0 aliphatic heterocycles. The Morgan fingerprint density at radius 2 is 1.94 bits per heavy atom. The number of rotatable bonds is 3. The lowest BCUT2D eigenvalue weighted by Gasteiger charge is -2.06. The maximum Gasteiger partial charge on any atom is 0.321 e. The molecule has 94 valence electrons. The molecule has 2 rings (SSSR count). The number of aryl methyl sites for hydroxylation is 2. The zero-order chi connectivity index (χ0) is 13.1. The first kappa shape index (κ1) is 12.6. The summed E-state index contributed by atoms with van der Waals surface area (Å²) in [6.45, 7) is 4.11. The van der Waals surface area contributed by atoms with Crippen LogP contribution in [0.1, 0.15) is 11.1 Å².